The van der Waals surface area contributed by atoms with E-state index in [1.807, 2.05) is 30.3 Å². The Kier molecular flexibility index (Phi) is 3.82. The fraction of sp³-hybridized carbons (Fsp3) is 0.250. The van der Waals surface area contributed by atoms with Crippen molar-refractivity contribution >= 4 is 17.4 Å². The van der Waals surface area contributed by atoms with Crippen molar-refractivity contribution < 1.29 is 6.22 Å². The number of carbonyl (C=O) groups is 1. The van der Waals surface area contributed by atoms with Gasteiger partial charge < -0.3 is 5.32 Å². The van der Waals surface area contributed by atoms with Crippen LogP contribution in [-0.2, 0) is 11.2 Å². The summed E-state index contributed by atoms with van der Waals surface area (Å²) in [6.07, 6.45) is 0.726. The second-order valence-corrected chi connectivity index (χ2v) is 4.45. The zero-order valence-corrected chi connectivity index (χ0v) is 10.3. The molecule has 0 bridgehead atoms. The molecule has 1 amide bonds. The van der Waals surface area contributed by atoms with Gasteiger partial charge in [0.2, 0.25) is 5.91 Å². The predicted octanol–water partition coefficient (Wildman–Crippen LogP) is 2.13. The van der Waals surface area contributed by atoms with E-state index in [2.05, 4.69) is 14.7 Å². The van der Waals surface area contributed by atoms with Gasteiger partial charge >= 0.3 is 0 Å². The summed E-state index contributed by atoms with van der Waals surface area (Å²) >= 11 is 1.38. The van der Waals surface area contributed by atoms with Crippen LogP contribution in [0.1, 0.15) is 13.4 Å². The highest BCUT2D eigenvalue weighted by atomic mass is 32.1. The van der Waals surface area contributed by atoms with Gasteiger partial charge in [-0.05, 0) is 11.5 Å². The molecule has 0 saturated carbocycles. The Hall–Kier alpha value is -1.75. The van der Waals surface area contributed by atoms with Gasteiger partial charge in [-0.1, -0.05) is 30.3 Å². The van der Waals surface area contributed by atoms with Crippen LogP contribution in [0.3, 0.4) is 0 Å². The maximum absolute atomic E-state index is 10.7. The smallest absolute Gasteiger partial charge is 0.216 e. The van der Waals surface area contributed by atoms with E-state index in [9.17, 15) is 4.79 Å². The average molecular weight is 249 g/mol. The number of hydrogen-bond donors (Lipinski definition) is 1. The van der Waals surface area contributed by atoms with Gasteiger partial charge in [0.25, 0.3) is 0 Å². The lowest BCUT2D eigenvalue weighted by atomic mass is 10.2. The van der Waals surface area contributed by atoms with E-state index in [0.29, 0.717) is 6.54 Å². The molecule has 0 atom stereocenters. The molecule has 2 rings (SSSR count). The maximum Gasteiger partial charge on any atom is 0.216 e. The highest BCUT2D eigenvalue weighted by Crippen LogP contribution is 2.17. The first-order valence-electron chi connectivity index (χ1n) is 5.38. The fourth-order valence-electron chi connectivity index (χ4n) is 1.41. The number of nitrogens with one attached hydrogen (secondary N) is 1. The number of hydrogen-bond acceptors (Lipinski definition) is 4. The Morgan fingerprint density at radius 2 is 2.18 bits per heavy atom. The number of nitrogens with zero attached hydrogens (tertiary/aromatic N) is 2. The zero-order chi connectivity index (χ0) is 12.1. The van der Waals surface area contributed by atoms with Crippen molar-refractivity contribution in [3.63, 3.8) is 0 Å². The summed E-state index contributed by atoms with van der Waals surface area (Å²) in [6.45, 7) is 2.12. The summed E-state index contributed by atoms with van der Waals surface area (Å²) < 4.78 is 4.30. The van der Waals surface area contributed by atoms with Crippen LogP contribution in [-0.4, -0.2) is 21.8 Å². The molecule has 5 heteroatoms. The molecule has 0 aliphatic carbocycles. The summed E-state index contributed by atoms with van der Waals surface area (Å²) in [5, 5.41) is 3.69. The minimum Gasteiger partial charge on any atom is -0.356 e. The largest absolute Gasteiger partial charge is 0.356 e. The quantitative estimate of drug-likeness (QED) is 0.903. The Labute approximate surface area is 105 Å². The monoisotopic (exact) mass is 249 g/mol. The molecule has 0 fully saturated rings. The second kappa shape index (κ2) is 5.54. The molecule has 0 unspecified atom stereocenters. The van der Waals surface area contributed by atoms with Gasteiger partial charge in [-0.3, -0.25) is 4.79 Å². The topological polar surface area (TPSA) is 54.9 Å². The molecule has 0 saturated heterocycles. The molecule has 1 heterocycles. The van der Waals surface area contributed by atoms with E-state index in [0.717, 1.165) is 22.8 Å². The van der Waals surface area contributed by atoms with Gasteiger partial charge in [-0.25, -0.2) is 4.98 Å². The van der Waals surface area contributed by atoms with Crippen LogP contribution in [0.25, 0.3) is 11.4 Å². The number of amides is 1. The molecule has 90 valence electrons. The Bertz CT molecular complexity index is 501. The molecule has 2 aromatic rings. The number of carbonyl (C=O) groups excluding carboxylic acids is 1. The van der Waals surface area contributed by atoms with Crippen LogP contribution < -0.4 is 5.32 Å². The summed E-state index contributed by atoms with van der Waals surface area (Å²) in [6, 6.07) is 9.87. The molecule has 0 aliphatic rings. The van der Waals surface area contributed by atoms with Gasteiger partial charge in [0.15, 0.2) is 5.82 Å². The zero-order valence-electron chi connectivity index (χ0n) is 9.51. The first kappa shape index (κ1) is 11.7. The molecule has 1 aromatic heterocycles. The van der Waals surface area contributed by atoms with E-state index in [1.165, 1.54) is 18.5 Å². The number of rotatable bonds is 4. The predicted molar refractivity (Wildman–Crippen MR) is 69.8 cm³/mol. The molecule has 0 aliphatic heterocycles. The highest BCUT2D eigenvalue weighted by molar-refractivity contribution is 7.05. The highest BCUT2D eigenvalue weighted by Gasteiger charge is 2.05. The van der Waals surface area contributed by atoms with E-state index >= 15 is 0 Å². The Morgan fingerprint density at radius 1 is 1.41 bits per heavy atom. The van der Waals surface area contributed by atoms with Crippen LogP contribution in [0.5, 0.6) is 0 Å². The molecule has 17 heavy (non-hydrogen) atoms. The Morgan fingerprint density at radius 3 is 2.88 bits per heavy atom. The Balaban J connectivity index is 0.00000162. The van der Waals surface area contributed by atoms with Gasteiger partial charge in [-0.2, -0.15) is 4.37 Å². The molecule has 1 N–H and O–H groups in total. The minimum atomic E-state index is -0.0159. The van der Waals surface area contributed by atoms with Crippen LogP contribution in [0.2, 0.25) is 0 Å². The van der Waals surface area contributed by atoms with Crippen molar-refractivity contribution in [3.05, 3.63) is 35.3 Å². The van der Waals surface area contributed by atoms with Crippen molar-refractivity contribution in [2.45, 2.75) is 13.3 Å². The van der Waals surface area contributed by atoms with Crippen LogP contribution >= 0.6 is 11.5 Å². The number of benzene rings is 1. The van der Waals surface area contributed by atoms with E-state index in [1.54, 1.807) is 0 Å². The summed E-state index contributed by atoms with van der Waals surface area (Å²) in [4.78, 5) is 15.2. The van der Waals surface area contributed by atoms with Crippen LogP contribution in [0, 0.1) is 0 Å². The third-order valence-corrected chi connectivity index (χ3v) is 2.98. The second-order valence-electron chi connectivity index (χ2n) is 3.61. The van der Waals surface area contributed by atoms with E-state index in [-0.39, 0.29) is 7.33 Å². The lowest BCUT2D eigenvalue weighted by Crippen LogP contribution is -2.22. The third kappa shape index (κ3) is 3.35. The van der Waals surface area contributed by atoms with Gasteiger partial charge in [0, 0.05) is 26.9 Å². The normalized spacial score (nSPS) is 10.2. The van der Waals surface area contributed by atoms with Gasteiger partial charge in [0.1, 0.15) is 5.01 Å². The van der Waals surface area contributed by atoms with Gasteiger partial charge in [0.05, 0.1) is 0 Å². The molecular weight excluding hydrogens is 234 g/mol. The molecule has 0 radical (unpaired) electrons. The fourth-order valence-corrected chi connectivity index (χ4v) is 2.07. The van der Waals surface area contributed by atoms with E-state index in [4.69, 9.17) is 0 Å². The van der Waals surface area contributed by atoms with Crippen molar-refractivity contribution in [1.82, 2.24) is 14.7 Å². The van der Waals surface area contributed by atoms with Crippen LogP contribution in [0.4, 0.5) is 0 Å². The molecular formula is C12H15N3OS. The van der Waals surface area contributed by atoms with Crippen molar-refractivity contribution in [2.75, 3.05) is 6.54 Å². The maximum atomic E-state index is 10.7. The minimum absolute atomic E-state index is 0. The average Bonchev–Trinajstić information content (AvgIpc) is 2.78. The lowest BCUT2D eigenvalue weighted by molar-refractivity contribution is -0.118. The summed E-state index contributed by atoms with van der Waals surface area (Å²) in [7, 11) is 0. The van der Waals surface area contributed by atoms with Crippen molar-refractivity contribution in [2.24, 2.45) is 0 Å². The number of aromatic nitrogens is 2. The molecule has 0 spiro atoms. The van der Waals surface area contributed by atoms with Crippen molar-refractivity contribution in [3.8, 4) is 11.4 Å². The molecule has 4 nitrogen and oxygen atoms in total. The lowest BCUT2D eigenvalue weighted by Gasteiger charge is -1.97. The first-order chi connectivity index (χ1) is 8.25. The SMILES string of the molecule is CC(=O)NCCc1nc(-c2ccccc2)ns1.[HH]. The summed E-state index contributed by atoms with van der Waals surface area (Å²) in [5.41, 5.74) is 1.02. The third-order valence-electron chi connectivity index (χ3n) is 2.21. The van der Waals surface area contributed by atoms with Crippen molar-refractivity contribution in [1.29, 1.82) is 0 Å². The van der Waals surface area contributed by atoms with E-state index < -0.39 is 0 Å². The molecule has 1 aromatic carbocycles. The standard InChI is InChI=1S/C12H13N3OS.H2/c1-9(16)13-8-7-11-14-12(15-17-11)10-5-3-2-4-6-10;/h2-6H,7-8H2,1H3,(H,13,16);1H. The first-order valence-corrected chi connectivity index (χ1v) is 6.15. The van der Waals surface area contributed by atoms with Crippen LogP contribution in [0.15, 0.2) is 30.3 Å². The summed E-state index contributed by atoms with van der Waals surface area (Å²) in [5.74, 6) is 0.742. The van der Waals surface area contributed by atoms with Gasteiger partial charge in [-0.15, -0.1) is 0 Å².